The van der Waals surface area contributed by atoms with Crippen LogP contribution in [0.1, 0.15) is 37.8 Å². The van der Waals surface area contributed by atoms with E-state index in [2.05, 4.69) is 0 Å². The standard InChI is InChI=1S/C8H11N/c9-7-3-6-8-4-1-2-5-8/h3,6,8H,1-2,4-5H2/i1D2,2D2,4D2,5D2,8D. The molecule has 1 aliphatic rings. The highest BCUT2D eigenvalue weighted by Gasteiger charge is 2.10. The van der Waals surface area contributed by atoms with Gasteiger partial charge in [-0.15, -0.1) is 0 Å². The van der Waals surface area contributed by atoms with E-state index in [0.717, 1.165) is 0 Å². The maximum atomic E-state index is 8.39. The first kappa shape index (κ1) is 1.45. The van der Waals surface area contributed by atoms with Crippen LogP contribution >= 0.6 is 0 Å². The van der Waals surface area contributed by atoms with E-state index in [1.165, 1.54) is 6.07 Å². The van der Waals surface area contributed by atoms with E-state index in [4.69, 9.17) is 17.6 Å². The molecule has 0 aromatic rings. The van der Waals surface area contributed by atoms with Crippen LogP contribution in [0.25, 0.3) is 0 Å². The second-order valence-corrected chi connectivity index (χ2v) is 1.38. The fraction of sp³-hybridized carbons (Fsp3) is 0.625. The summed E-state index contributed by atoms with van der Waals surface area (Å²) in [5.41, 5.74) is 0. The van der Waals surface area contributed by atoms with Crippen LogP contribution in [0, 0.1) is 17.2 Å². The molecule has 1 nitrogen and oxygen atoms in total. The van der Waals surface area contributed by atoms with E-state index in [0.29, 0.717) is 12.2 Å². The molecule has 1 heteroatoms. The van der Waals surface area contributed by atoms with E-state index in [-0.39, 0.29) is 0 Å². The first-order chi connectivity index (χ1) is 7.81. The molecule has 0 N–H and O–H groups in total. The van der Waals surface area contributed by atoms with Crippen molar-refractivity contribution in [2.75, 3.05) is 0 Å². The first-order valence-electron chi connectivity index (χ1n) is 6.88. The van der Waals surface area contributed by atoms with E-state index < -0.39 is 31.4 Å². The lowest BCUT2D eigenvalue weighted by Gasteiger charge is -1.95. The second-order valence-electron chi connectivity index (χ2n) is 1.38. The molecule has 0 aromatic carbocycles. The van der Waals surface area contributed by atoms with Gasteiger partial charge in [0.05, 0.1) is 6.07 Å². The summed E-state index contributed by atoms with van der Waals surface area (Å²) in [4.78, 5) is 0. The number of rotatable bonds is 1. The highest BCUT2D eigenvalue weighted by atomic mass is 14.2. The van der Waals surface area contributed by atoms with Crippen molar-refractivity contribution in [3.63, 3.8) is 0 Å². The number of hydrogen-bond donors (Lipinski definition) is 0. The first-order valence-corrected chi connectivity index (χ1v) is 2.38. The SMILES string of the molecule is [2H]C1([2H])C([2H])([2H])C([2H])([2H])C([2H])(C=CC#N)C1([2H])[2H]. The lowest BCUT2D eigenvalue weighted by Crippen LogP contribution is -1.83. The lowest BCUT2D eigenvalue weighted by atomic mass is 10.1. The summed E-state index contributed by atoms with van der Waals surface area (Å²) in [5, 5.41) is 8.39. The van der Waals surface area contributed by atoms with E-state index in [9.17, 15) is 0 Å². The van der Waals surface area contributed by atoms with Gasteiger partial charge in [-0.1, -0.05) is 18.8 Å². The smallest absolute Gasteiger partial charge is 0.0908 e. The van der Waals surface area contributed by atoms with Crippen LogP contribution in [-0.2, 0) is 0 Å². The molecule has 48 valence electrons. The maximum Gasteiger partial charge on any atom is 0.0908 e. The zero-order chi connectivity index (χ0) is 14.6. The third kappa shape index (κ3) is 1.89. The van der Waals surface area contributed by atoms with Gasteiger partial charge in [0.15, 0.2) is 0 Å². The monoisotopic (exact) mass is 130 g/mol. The molecule has 0 aromatic heterocycles. The van der Waals surface area contributed by atoms with Crippen LogP contribution in [0.5, 0.6) is 0 Å². The molecule has 1 aliphatic carbocycles. The Labute approximate surface area is 68.6 Å². The molecule has 1 rings (SSSR count). The Hall–Kier alpha value is -0.770. The summed E-state index contributed by atoms with van der Waals surface area (Å²) in [6, 6.07) is 1.47. The Morgan fingerprint density at radius 1 is 1.67 bits per heavy atom. The number of allylic oxidation sites excluding steroid dienone is 2. The minimum atomic E-state index is -3.20. The summed E-state index contributed by atoms with van der Waals surface area (Å²) in [5.74, 6) is -2.83. The van der Waals surface area contributed by atoms with Crippen LogP contribution < -0.4 is 0 Å². The maximum absolute atomic E-state index is 8.39. The van der Waals surface area contributed by atoms with E-state index in [1.807, 2.05) is 0 Å². The quantitative estimate of drug-likeness (QED) is 0.499. The summed E-state index contributed by atoms with van der Waals surface area (Å²) < 4.78 is 68.1. The molecule has 1 fully saturated rings. The molecule has 0 unspecified atom stereocenters. The van der Waals surface area contributed by atoms with E-state index in [1.54, 1.807) is 0 Å². The van der Waals surface area contributed by atoms with Gasteiger partial charge in [-0.3, -0.25) is 0 Å². The largest absolute Gasteiger partial charge is 0.193 e. The Bertz CT molecular complexity index is 404. The van der Waals surface area contributed by atoms with Crippen molar-refractivity contribution in [3.8, 4) is 6.07 Å². The predicted molar refractivity (Wildman–Crippen MR) is 36.7 cm³/mol. The molecule has 0 bridgehead atoms. The fourth-order valence-electron chi connectivity index (χ4n) is 0.432. The predicted octanol–water partition coefficient (Wildman–Crippen LogP) is 2.26. The second kappa shape index (κ2) is 3.29. The van der Waals surface area contributed by atoms with Crippen molar-refractivity contribution in [2.45, 2.75) is 25.5 Å². The minimum Gasteiger partial charge on any atom is -0.193 e. The van der Waals surface area contributed by atoms with E-state index >= 15 is 0 Å². The molecule has 9 heavy (non-hydrogen) atoms. The van der Waals surface area contributed by atoms with Crippen molar-refractivity contribution in [1.82, 2.24) is 0 Å². The number of nitrogens with zero attached hydrogens (tertiary/aromatic N) is 1. The third-order valence-corrected chi connectivity index (χ3v) is 0.781. The molecular formula is C8H11N. The average Bonchev–Trinajstić information content (AvgIpc) is 2.27. The van der Waals surface area contributed by atoms with Crippen molar-refractivity contribution >= 4 is 0 Å². The summed E-state index contributed by atoms with van der Waals surface area (Å²) >= 11 is 0. The highest BCUT2D eigenvalue weighted by molar-refractivity contribution is 5.04. The Morgan fingerprint density at radius 2 is 2.33 bits per heavy atom. The zero-order valence-electron chi connectivity index (χ0n) is 13.6. The molecular weight excluding hydrogens is 110 g/mol. The summed E-state index contributed by atoms with van der Waals surface area (Å²) in [6.45, 7) is 0. The molecule has 0 aliphatic heterocycles. The molecule has 0 amide bonds. The van der Waals surface area contributed by atoms with Crippen LogP contribution in [0.3, 0.4) is 0 Å². The molecule has 0 saturated heterocycles. The molecule has 1 saturated carbocycles. The van der Waals surface area contributed by atoms with Gasteiger partial charge < -0.3 is 0 Å². The topological polar surface area (TPSA) is 23.8 Å². The fourth-order valence-corrected chi connectivity index (χ4v) is 0.432. The minimum absolute atomic E-state index is 0.579. The number of nitriles is 1. The average molecular weight is 130 g/mol. The molecule has 0 radical (unpaired) electrons. The van der Waals surface area contributed by atoms with Gasteiger partial charge >= 0.3 is 0 Å². The molecule has 0 spiro atoms. The van der Waals surface area contributed by atoms with Gasteiger partial charge in [0.2, 0.25) is 0 Å². The summed E-state index contributed by atoms with van der Waals surface area (Å²) in [6.07, 6.45) is -11.4. The van der Waals surface area contributed by atoms with Crippen molar-refractivity contribution in [2.24, 2.45) is 5.89 Å². The van der Waals surface area contributed by atoms with Crippen LogP contribution in [0.2, 0.25) is 0 Å². The van der Waals surface area contributed by atoms with Crippen molar-refractivity contribution in [1.29, 1.82) is 5.26 Å². The highest BCUT2D eigenvalue weighted by Crippen LogP contribution is 2.25. The van der Waals surface area contributed by atoms with Gasteiger partial charge in [0.1, 0.15) is 0 Å². The van der Waals surface area contributed by atoms with Gasteiger partial charge in [-0.2, -0.15) is 5.26 Å². The number of hydrogen-bond acceptors (Lipinski definition) is 1. The van der Waals surface area contributed by atoms with Gasteiger partial charge in [-0.25, -0.2) is 0 Å². The Kier molecular flexibility index (Phi) is 0.530. The molecule has 0 atom stereocenters. The zero-order valence-corrected chi connectivity index (χ0v) is 4.60. The summed E-state index contributed by atoms with van der Waals surface area (Å²) in [7, 11) is 0. The van der Waals surface area contributed by atoms with Gasteiger partial charge in [0, 0.05) is 18.4 Å². The van der Waals surface area contributed by atoms with Crippen LogP contribution in [0.4, 0.5) is 0 Å². The lowest BCUT2D eigenvalue weighted by molar-refractivity contribution is 0.686. The van der Waals surface area contributed by atoms with Crippen molar-refractivity contribution < 1.29 is 12.3 Å². The molecule has 0 heterocycles. The Balaban J connectivity index is 3.64. The van der Waals surface area contributed by atoms with Crippen molar-refractivity contribution in [3.05, 3.63) is 12.2 Å². The van der Waals surface area contributed by atoms with Crippen LogP contribution in [-0.4, -0.2) is 0 Å². The van der Waals surface area contributed by atoms with Gasteiger partial charge in [-0.05, 0) is 18.6 Å². The normalized spacial score (nSPS) is 61.4. The Morgan fingerprint density at radius 3 is 2.89 bits per heavy atom. The third-order valence-electron chi connectivity index (χ3n) is 0.781. The van der Waals surface area contributed by atoms with Crippen LogP contribution in [0.15, 0.2) is 12.2 Å². The van der Waals surface area contributed by atoms with Gasteiger partial charge in [0.25, 0.3) is 0 Å².